The molecule has 2 aromatic rings. The Morgan fingerprint density at radius 2 is 2.19 bits per heavy atom. The van der Waals surface area contributed by atoms with Gasteiger partial charge in [0.05, 0.1) is 5.02 Å². The van der Waals surface area contributed by atoms with Crippen molar-refractivity contribution in [3.05, 3.63) is 46.8 Å². The fourth-order valence-corrected chi connectivity index (χ4v) is 2.50. The lowest BCUT2D eigenvalue weighted by molar-refractivity contribution is 0.498. The van der Waals surface area contributed by atoms with Gasteiger partial charge < -0.3 is 5.32 Å². The highest BCUT2D eigenvalue weighted by atomic mass is 35.5. The van der Waals surface area contributed by atoms with Gasteiger partial charge in [0.25, 0.3) is 0 Å². The van der Waals surface area contributed by atoms with Crippen LogP contribution < -0.4 is 5.32 Å². The maximum Gasteiger partial charge on any atom is 0.141 e. The van der Waals surface area contributed by atoms with Crippen molar-refractivity contribution >= 4 is 11.6 Å². The van der Waals surface area contributed by atoms with Crippen molar-refractivity contribution < 1.29 is 4.39 Å². The smallest absolute Gasteiger partial charge is 0.141 e. The molecule has 0 saturated heterocycles. The van der Waals surface area contributed by atoms with Crippen LogP contribution in [0.2, 0.25) is 5.02 Å². The maximum atomic E-state index is 13.3. The van der Waals surface area contributed by atoms with E-state index in [0.717, 1.165) is 30.9 Å². The number of aryl methyl sites for hydroxylation is 1. The van der Waals surface area contributed by atoms with E-state index in [1.165, 1.54) is 6.07 Å². The molecule has 21 heavy (non-hydrogen) atoms. The van der Waals surface area contributed by atoms with Crippen molar-refractivity contribution in [3.63, 3.8) is 0 Å². The molecule has 1 atom stereocenters. The molecule has 1 unspecified atom stereocenters. The lowest BCUT2D eigenvalue weighted by atomic mass is 10.0. The van der Waals surface area contributed by atoms with Crippen LogP contribution in [0.3, 0.4) is 0 Å². The molecule has 6 heteroatoms. The van der Waals surface area contributed by atoms with Crippen molar-refractivity contribution in [1.82, 2.24) is 20.1 Å². The monoisotopic (exact) mass is 310 g/mol. The van der Waals surface area contributed by atoms with Gasteiger partial charge in [-0.3, -0.25) is 4.68 Å². The van der Waals surface area contributed by atoms with Gasteiger partial charge in [-0.25, -0.2) is 9.37 Å². The summed E-state index contributed by atoms with van der Waals surface area (Å²) < 4.78 is 15.2. The lowest BCUT2D eigenvalue weighted by Gasteiger charge is -2.18. The molecule has 2 rings (SSSR count). The van der Waals surface area contributed by atoms with Crippen molar-refractivity contribution in [3.8, 4) is 0 Å². The van der Waals surface area contributed by atoms with Crippen LogP contribution >= 0.6 is 11.6 Å². The first kappa shape index (κ1) is 15.9. The molecular weight excluding hydrogens is 291 g/mol. The Labute approximate surface area is 129 Å². The highest BCUT2D eigenvalue weighted by molar-refractivity contribution is 6.30. The molecule has 1 N–H and O–H groups in total. The van der Waals surface area contributed by atoms with Gasteiger partial charge in [-0.2, -0.15) is 5.10 Å². The van der Waals surface area contributed by atoms with E-state index < -0.39 is 5.82 Å². The SMILES string of the molecule is CCCn1ncnc1CC(NCC)c1ccc(F)c(Cl)c1. The number of hydrogen-bond acceptors (Lipinski definition) is 3. The Hall–Kier alpha value is -1.46. The molecule has 0 aliphatic carbocycles. The Bertz CT molecular complexity index is 585. The molecule has 0 spiro atoms. The summed E-state index contributed by atoms with van der Waals surface area (Å²) in [4.78, 5) is 4.33. The van der Waals surface area contributed by atoms with Crippen LogP contribution in [-0.4, -0.2) is 21.3 Å². The highest BCUT2D eigenvalue weighted by Crippen LogP contribution is 2.23. The van der Waals surface area contributed by atoms with E-state index in [-0.39, 0.29) is 11.1 Å². The van der Waals surface area contributed by atoms with E-state index in [1.54, 1.807) is 18.5 Å². The molecule has 114 valence electrons. The predicted molar refractivity (Wildman–Crippen MR) is 81.8 cm³/mol. The molecule has 1 aromatic heterocycles. The van der Waals surface area contributed by atoms with Gasteiger partial charge in [0.1, 0.15) is 18.0 Å². The third kappa shape index (κ3) is 4.02. The number of rotatable bonds is 7. The van der Waals surface area contributed by atoms with Crippen molar-refractivity contribution in [1.29, 1.82) is 0 Å². The van der Waals surface area contributed by atoms with E-state index >= 15 is 0 Å². The van der Waals surface area contributed by atoms with E-state index in [4.69, 9.17) is 11.6 Å². The first-order valence-electron chi connectivity index (χ1n) is 7.20. The van der Waals surface area contributed by atoms with Crippen LogP contribution in [0.4, 0.5) is 4.39 Å². The molecular formula is C15H20ClFN4. The minimum atomic E-state index is -0.398. The number of halogens is 2. The minimum Gasteiger partial charge on any atom is -0.310 e. The highest BCUT2D eigenvalue weighted by Gasteiger charge is 2.16. The average Bonchev–Trinajstić information content (AvgIpc) is 2.89. The average molecular weight is 311 g/mol. The summed E-state index contributed by atoms with van der Waals surface area (Å²) in [6.07, 6.45) is 3.27. The van der Waals surface area contributed by atoms with Crippen LogP contribution in [0.25, 0.3) is 0 Å². The Morgan fingerprint density at radius 3 is 2.86 bits per heavy atom. The summed E-state index contributed by atoms with van der Waals surface area (Å²) in [6, 6.07) is 4.87. The summed E-state index contributed by atoms with van der Waals surface area (Å²) in [5.74, 6) is 0.521. The third-order valence-corrected chi connectivity index (χ3v) is 3.60. The molecule has 4 nitrogen and oxygen atoms in total. The molecule has 0 aliphatic heterocycles. The molecule has 1 aromatic carbocycles. The number of likely N-dealkylation sites (N-methyl/N-ethyl adjacent to an activating group) is 1. The van der Waals surface area contributed by atoms with E-state index in [2.05, 4.69) is 22.3 Å². The van der Waals surface area contributed by atoms with Gasteiger partial charge in [0.15, 0.2) is 0 Å². The number of hydrogen-bond donors (Lipinski definition) is 1. The maximum absolute atomic E-state index is 13.3. The number of nitrogens with zero attached hydrogens (tertiary/aromatic N) is 3. The summed E-state index contributed by atoms with van der Waals surface area (Å²) in [6.45, 7) is 5.79. The first-order valence-corrected chi connectivity index (χ1v) is 7.58. The quantitative estimate of drug-likeness (QED) is 0.852. The second kappa shape index (κ2) is 7.52. The minimum absolute atomic E-state index is 0.0351. The number of nitrogens with one attached hydrogen (secondary N) is 1. The molecule has 0 amide bonds. The fraction of sp³-hybridized carbons (Fsp3) is 0.467. The zero-order valence-electron chi connectivity index (χ0n) is 12.3. The van der Waals surface area contributed by atoms with Crippen molar-refractivity contribution in [2.45, 2.75) is 39.3 Å². The number of aromatic nitrogens is 3. The van der Waals surface area contributed by atoms with Crippen molar-refractivity contribution in [2.24, 2.45) is 0 Å². The van der Waals surface area contributed by atoms with Gasteiger partial charge in [-0.1, -0.05) is 31.5 Å². The molecule has 0 saturated carbocycles. The Morgan fingerprint density at radius 1 is 1.38 bits per heavy atom. The standard InChI is InChI=1S/C15H20ClFN4/c1-3-7-21-15(19-10-20-21)9-14(18-4-2)11-5-6-13(17)12(16)8-11/h5-6,8,10,14,18H,3-4,7,9H2,1-2H3. The zero-order valence-corrected chi connectivity index (χ0v) is 13.1. The summed E-state index contributed by atoms with van der Waals surface area (Å²) in [7, 11) is 0. The molecule has 0 fully saturated rings. The van der Waals surface area contributed by atoms with Gasteiger partial charge in [-0.05, 0) is 30.7 Å². The molecule has 1 heterocycles. The predicted octanol–water partition coefficient (Wildman–Crippen LogP) is 3.37. The van der Waals surface area contributed by atoms with Crippen LogP contribution in [0.5, 0.6) is 0 Å². The largest absolute Gasteiger partial charge is 0.310 e. The van der Waals surface area contributed by atoms with E-state index in [9.17, 15) is 4.39 Å². The van der Waals surface area contributed by atoms with E-state index in [0.29, 0.717) is 6.42 Å². The second-order valence-electron chi connectivity index (χ2n) is 4.89. The van der Waals surface area contributed by atoms with Crippen LogP contribution in [-0.2, 0) is 13.0 Å². The van der Waals surface area contributed by atoms with Gasteiger partial charge in [0, 0.05) is 19.0 Å². The third-order valence-electron chi connectivity index (χ3n) is 3.31. The lowest BCUT2D eigenvalue weighted by Crippen LogP contribution is -2.24. The molecule has 0 bridgehead atoms. The number of benzene rings is 1. The fourth-order valence-electron chi connectivity index (χ4n) is 2.31. The Kier molecular flexibility index (Phi) is 5.70. The molecule has 0 radical (unpaired) electrons. The Balaban J connectivity index is 2.22. The van der Waals surface area contributed by atoms with Crippen LogP contribution in [0, 0.1) is 5.82 Å². The normalized spacial score (nSPS) is 12.6. The van der Waals surface area contributed by atoms with Crippen LogP contribution in [0.1, 0.15) is 37.7 Å². The topological polar surface area (TPSA) is 42.7 Å². The van der Waals surface area contributed by atoms with Gasteiger partial charge in [0.2, 0.25) is 0 Å². The van der Waals surface area contributed by atoms with Crippen molar-refractivity contribution in [2.75, 3.05) is 6.54 Å². The summed E-state index contributed by atoms with van der Waals surface area (Å²) in [5, 5.41) is 7.77. The van der Waals surface area contributed by atoms with E-state index in [1.807, 2.05) is 11.6 Å². The second-order valence-corrected chi connectivity index (χ2v) is 5.29. The first-order chi connectivity index (χ1) is 10.2. The zero-order chi connectivity index (χ0) is 15.2. The summed E-state index contributed by atoms with van der Waals surface area (Å²) >= 11 is 5.88. The molecule has 0 aliphatic rings. The van der Waals surface area contributed by atoms with Crippen LogP contribution in [0.15, 0.2) is 24.5 Å². The van der Waals surface area contributed by atoms with Gasteiger partial charge >= 0.3 is 0 Å². The summed E-state index contributed by atoms with van der Waals surface area (Å²) in [5.41, 5.74) is 0.953. The van der Waals surface area contributed by atoms with Gasteiger partial charge in [-0.15, -0.1) is 0 Å².